The van der Waals surface area contributed by atoms with Crippen LogP contribution in [0.15, 0.2) is 121 Å². The monoisotopic (exact) mass is 590 g/mol. The van der Waals surface area contributed by atoms with E-state index >= 15 is 0 Å². The molecule has 4 aromatic heterocycles. The van der Waals surface area contributed by atoms with Gasteiger partial charge in [0.15, 0.2) is 0 Å². The van der Waals surface area contributed by atoms with Gasteiger partial charge in [-0.2, -0.15) is 0 Å². The fourth-order valence-corrected chi connectivity index (χ4v) is 8.94. The molecule has 4 heteroatoms. The highest BCUT2D eigenvalue weighted by molar-refractivity contribution is 5.94. The molecule has 4 N–H and O–H groups in total. The SMILES string of the molecule is c1ccc2c3c([nH]c2c1)Cc1[nH]c2ccccc2c1C3c1ccc(C2c3c([nH]c4ccccc34)Cc3[nH]c4ccccc4c32)cc1. The van der Waals surface area contributed by atoms with Crippen LogP contribution in [0, 0.1) is 0 Å². The van der Waals surface area contributed by atoms with Crippen molar-refractivity contribution in [3.05, 3.63) is 177 Å². The molecule has 5 aromatic carbocycles. The van der Waals surface area contributed by atoms with E-state index < -0.39 is 0 Å². The van der Waals surface area contributed by atoms with Gasteiger partial charge in [-0.25, -0.2) is 0 Å². The summed E-state index contributed by atoms with van der Waals surface area (Å²) >= 11 is 0. The van der Waals surface area contributed by atoms with E-state index in [-0.39, 0.29) is 11.8 Å². The summed E-state index contributed by atoms with van der Waals surface area (Å²) in [5, 5.41) is 5.28. The minimum absolute atomic E-state index is 0.138. The Morgan fingerprint density at radius 2 is 0.587 bits per heavy atom. The number of nitrogens with one attached hydrogen (secondary N) is 4. The number of benzene rings is 5. The maximum atomic E-state index is 3.79. The number of hydrogen-bond acceptors (Lipinski definition) is 0. The summed E-state index contributed by atoms with van der Waals surface area (Å²) < 4.78 is 0. The van der Waals surface area contributed by atoms with E-state index in [1.165, 1.54) is 99.8 Å². The van der Waals surface area contributed by atoms with E-state index in [0.717, 1.165) is 12.8 Å². The summed E-state index contributed by atoms with van der Waals surface area (Å²) in [6.45, 7) is 0. The van der Waals surface area contributed by atoms with Gasteiger partial charge in [0.2, 0.25) is 0 Å². The van der Waals surface area contributed by atoms with Crippen molar-refractivity contribution in [3.63, 3.8) is 0 Å². The molecule has 4 heterocycles. The van der Waals surface area contributed by atoms with Crippen molar-refractivity contribution in [3.8, 4) is 0 Å². The highest BCUT2D eigenvalue weighted by Gasteiger charge is 2.35. The van der Waals surface area contributed by atoms with Crippen molar-refractivity contribution >= 4 is 43.6 Å². The normalized spacial score (nSPS) is 14.6. The Labute approximate surface area is 265 Å². The third-order valence-electron chi connectivity index (χ3n) is 10.8. The van der Waals surface area contributed by atoms with Crippen LogP contribution < -0.4 is 0 Å². The van der Waals surface area contributed by atoms with Gasteiger partial charge in [-0.3, -0.25) is 0 Å². The van der Waals surface area contributed by atoms with E-state index in [1.807, 2.05) is 0 Å². The zero-order chi connectivity index (χ0) is 29.9. The lowest BCUT2D eigenvalue weighted by atomic mass is 9.75. The lowest BCUT2D eigenvalue weighted by molar-refractivity contribution is 0.862. The molecule has 11 rings (SSSR count). The average molecular weight is 591 g/mol. The van der Waals surface area contributed by atoms with Crippen LogP contribution >= 0.6 is 0 Å². The molecule has 2 aliphatic carbocycles. The molecule has 0 saturated carbocycles. The van der Waals surface area contributed by atoms with Crippen LogP contribution in [0.1, 0.15) is 68.0 Å². The fourth-order valence-electron chi connectivity index (χ4n) is 8.94. The largest absolute Gasteiger partial charge is 0.358 e. The molecule has 4 nitrogen and oxygen atoms in total. The number of fused-ring (bicyclic) bond motifs is 12. The van der Waals surface area contributed by atoms with E-state index in [1.54, 1.807) is 0 Å². The number of hydrogen-bond donors (Lipinski definition) is 4. The third kappa shape index (κ3) is 3.23. The predicted molar refractivity (Wildman–Crippen MR) is 187 cm³/mol. The van der Waals surface area contributed by atoms with Crippen molar-refractivity contribution in [2.24, 2.45) is 0 Å². The fraction of sp³-hybridized carbons (Fsp3) is 0.0952. The molecular weight excluding hydrogens is 560 g/mol. The molecule has 0 saturated heterocycles. The molecule has 9 aromatic rings. The molecule has 0 aliphatic heterocycles. The first-order valence-corrected chi connectivity index (χ1v) is 16.3. The molecule has 0 radical (unpaired) electrons. The zero-order valence-corrected chi connectivity index (χ0v) is 25.1. The Morgan fingerprint density at radius 3 is 0.870 bits per heavy atom. The summed E-state index contributed by atoms with van der Waals surface area (Å²) in [5.41, 5.74) is 18.4. The van der Waals surface area contributed by atoms with Gasteiger partial charge in [-0.15, -0.1) is 0 Å². The minimum Gasteiger partial charge on any atom is -0.358 e. The lowest BCUT2D eigenvalue weighted by Gasteiger charge is -2.27. The van der Waals surface area contributed by atoms with Gasteiger partial charge < -0.3 is 19.9 Å². The maximum absolute atomic E-state index is 3.79. The Balaban J connectivity index is 1.13. The molecule has 0 spiro atoms. The quantitative estimate of drug-likeness (QED) is 0.155. The summed E-state index contributed by atoms with van der Waals surface area (Å²) in [4.78, 5) is 15.1. The van der Waals surface area contributed by atoms with Crippen molar-refractivity contribution in [1.82, 2.24) is 19.9 Å². The van der Waals surface area contributed by atoms with Crippen LogP contribution in [0.25, 0.3) is 43.6 Å². The van der Waals surface area contributed by atoms with Crippen LogP contribution in [0.3, 0.4) is 0 Å². The summed E-state index contributed by atoms with van der Waals surface area (Å²) in [7, 11) is 0. The topological polar surface area (TPSA) is 63.2 Å². The molecule has 0 amide bonds. The van der Waals surface area contributed by atoms with Crippen molar-refractivity contribution in [2.75, 3.05) is 0 Å². The Kier molecular flexibility index (Phi) is 4.76. The minimum atomic E-state index is 0.138. The molecule has 0 bridgehead atoms. The van der Waals surface area contributed by atoms with Gasteiger partial charge in [0, 0.05) is 91.1 Å². The second-order valence-corrected chi connectivity index (χ2v) is 13.1. The molecule has 218 valence electrons. The molecular formula is C42H30N4. The Bertz CT molecular complexity index is 2310. The number of para-hydroxylation sites is 4. The van der Waals surface area contributed by atoms with Gasteiger partial charge in [0.25, 0.3) is 0 Å². The lowest BCUT2D eigenvalue weighted by Crippen LogP contribution is -2.15. The summed E-state index contributed by atoms with van der Waals surface area (Å²) in [6, 6.07) is 44.8. The zero-order valence-electron chi connectivity index (χ0n) is 25.1. The highest BCUT2D eigenvalue weighted by Crippen LogP contribution is 2.49. The third-order valence-corrected chi connectivity index (χ3v) is 10.8. The maximum Gasteiger partial charge on any atom is 0.0459 e. The van der Waals surface area contributed by atoms with Gasteiger partial charge in [0.1, 0.15) is 0 Å². The number of aromatic nitrogens is 4. The predicted octanol–water partition coefficient (Wildman–Crippen LogP) is 9.78. The first kappa shape index (κ1) is 24.6. The van der Waals surface area contributed by atoms with Crippen LogP contribution in [0.5, 0.6) is 0 Å². The van der Waals surface area contributed by atoms with Crippen molar-refractivity contribution in [1.29, 1.82) is 0 Å². The highest BCUT2D eigenvalue weighted by atomic mass is 14.8. The van der Waals surface area contributed by atoms with Crippen LogP contribution in [-0.2, 0) is 12.8 Å². The Morgan fingerprint density at radius 1 is 0.326 bits per heavy atom. The van der Waals surface area contributed by atoms with Crippen LogP contribution in [0.2, 0.25) is 0 Å². The number of H-pyrrole nitrogens is 4. The van der Waals surface area contributed by atoms with Crippen molar-refractivity contribution < 1.29 is 0 Å². The van der Waals surface area contributed by atoms with E-state index in [9.17, 15) is 0 Å². The molecule has 46 heavy (non-hydrogen) atoms. The van der Waals surface area contributed by atoms with Gasteiger partial charge in [-0.1, -0.05) is 97.1 Å². The number of aromatic amines is 4. The van der Waals surface area contributed by atoms with Gasteiger partial charge >= 0.3 is 0 Å². The first-order chi connectivity index (χ1) is 22.8. The summed E-state index contributed by atoms with van der Waals surface area (Å²) in [5.74, 6) is 0.275. The smallest absolute Gasteiger partial charge is 0.0459 e. The van der Waals surface area contributed by atoms with E-state index in [0.29, 0.717) is 0 Å². The average Bonchev–Trinajstić information content (AvgIpc) is 3.86. The standard InChI is InChI=1S/C42H30N4/c1-5-13-29-25(9-1)39-33(43-29)21-34-40(26-10-2-6-14-30(26)44-34)37(39)23-17-19-24(20-18-23)38-41-27-11-3-7-15-31(27)45-35(41)22-36-42(38)28-12-4-8-16-32(28)46-36/h1-20,37-38,43-46H,21-22H2. The van der Waals surface area contributed by atoms with Crippen LogP contribution in [0.4, 0.5) is 0 Å². The second-order valence-electron chi connectivity index (χ2n) is 13.1. The molecule has 0 unspecified atom stereocenters. The number of rotatable bonds is 2. The van der Waals surface area contributed by atoms with Gasteiger partial charge in [0.05, 0.1) is 0 Å². The second kappa shape index (κ2) is 8.92. The molecule has 0 fully saturated rings. The Hall–Kier alpha value is -5.74. The molecule has 2 aliphatic rings. The molecule has 0 atom stereocenters. The van der Waals surface area contributed by atoms with E-state index in [4.69, 9.17) is 0 Å². The summed E-state index contributed by atoms with van der Waals surface area (Å²) in [6.07, 6.45) is 1.77. The van der Waals surface area contributed by atoms with Crippen molar-refractivity contribution in [2.45, 2.75) is 24.7 Å². The van der Waals surface area contributed by atoms with Crippen LogP contribution in [-0.4, -0.2) is 19.9 Å². The van der Waals surface area contributed by atoms with Gasteiger partial charge in [-0.05, 0) is 57.6 Å². The first-order valence-electron chi connectivity index (χ1n) is 16.3. The van der Waals surface area contributed by atoms with E-state index in [2.05, 4.69) is 141 Å².